The van der Waals surface area contributed by atoms with Crippen LogP contribution in [0.15, 0.2) is 56.5 Å². The minimum atomic E-state index is -0.632. The van der Waals surface area contributed by atoms with E-state index in [0.717, 1.165) is 0 Å². The number of nitrogens with zero attached hydrogens (tertiary/aromatic N) is 1. The standard InChI is InChI=1S/C18H12FN3O4/c1-22-14-5-4-11(8-15(14)26-18(22)25)20-16(23)12-6-9-2-3-10(19)7-13(9)21-17(12)24/h2-8H,1H3,(H,20,23)(H,21,24). The quantitative estimate of drug-likeness (QED) is 0.578. The van der Waals surface area contributed by atoms with Crippen LogP contribution in [0.3, 0.4) is 0 Å². The molecule has 2 aromatic carbocycles. The molecular weight excluding hydrogens is 341 g/mol. The zero-order valence-corrected chi connectivity index (χ0v) is 13.5. The molecule has 2 heterocycles. The molecular formula is C18H12FN3O4. The van der Waals surface area contributed by atoms with Crippen molar-refractivity contribution in [2.45, 2.75) is 0 Å². The zero-order valence-electron chi connectivity index (χ0n) is 13.5. The van der Waals surface area contributed by atoms with Crippen LogP contribution in [-0.4, -0.2) is 15.5 Å². The molecule has 0 spiro atoms. The summed E-state index contributed by atoms with van der Waals surface area (Å²) in [5, 5.41) is 3.12. The first-order valence-electron chi connectivity index (χ1n) is 7.66. The van der Waals surface area contributed by atoms with Crippen LogP contribution < -0.4 is 16.6 Å². The highest BCUT2D eigenvalue weighted by molar-refractivity contribution is 6.06. The first-order valence-corrected chi connectivity index (χ1v) is 7.66. The Bertz CT molecular complexity index is 1300. The predicted octanol–water partition coefficient (Wildman–Crippen LogP) is 2.36. The van der Waals surface area contributed by atoms with E-state index >= 15 is 0 Å². The van der Waals surface area contributed by atoms with Crippen molar-refractivity contribution in [3.05, 3.63) is 74.7 Å². The highest BCUT2D eigenvalue weighted by Crippen LogP contribution is 2.19. The summed E-state index contributed by atoms with van der Waals surface area (Å²) in [6, 6.07) is 10.0. The number of carbonyl (C=O) groups excluding carboxylic acids is 1. The monoisotopic (exact) mass is 353 g/mol. The van der Waals surface area contributed by atoms with Gasteiger partial charge >= 0.3 is 5.76 Å². The van der Waals surface area contributed by atoms with Gasteiger partial charge < -0.3 is 14.7 Å². The molecule has 0 aliphatic heterocycles. The van der Waals surface area contributed by atoms with E-state index in [-0.39, 0.29) is 5.56 Å². The lowest BCUT2D eigenvalue weighted by Crippen LogP contribution is -2.23. The van der Waals surface area contributed by atoms with E-state index in [1.165, 1.54) is 34.9 Å². The molecule has 1 amide bonds. The molecule has 0 atom stereocenters. The van der Waals surface area contributed by atoms with Gasteiger partial charge in [0.05, 0.1) is 11.0 Å². The largest absolute Gasteiger partial charge is 0.419 e. The van der Waals surface area contributed by atoms with Gasteiger partial charge in [-0.1, -0.05) is 0 Å². The van der Waals surface area contributed by atoms with Crippen LogP contribution in [0.4, 0.5) is 10.1 Å². The molecule has 8 heteroatoms. The normalized spacial score (nSPS) is 11.2. The number of anilines is 1. The Balaban J connectivity index is 1.71. The summed E-state index contributed by atoms with van der Waals surface area (Å²) in [6.45, 7) is 0. The van der Waals surface area contributed by atoms with Crippen molar-refractivity contribution in [3.63, 3.8) is 0 Å². The molecule has 2 aromatic heterocycles. The van der Waals surface area contributed by atoms with Crippen LogP contribution in [0.25, 0.3) is 22.0 Å². The van der Waals surface area contributed by atoms with Crippen molar-refractivity contribution in [2.24, 2.45) is 7.05 Å². The van der Waals surface area contributed by atoms with Crippen LogP contribution in [-0.2, 0) is 7.05 Å². The van der Waals surface area contributed by atoms with E-state index in [4.69, 9.17) is 4.42 Å². The lowest BCUT2D eigenvalue weighted by atomic mass is 10.1. The van der Waals surface area contributed by atoms with E-state index in [1.54, 1.807) is 19.2 Å². The minimum Gasteiger partial charge on any atom is -0.408 e. The summed E-state index contributed by atoms with van der Waals surface area (Å²) in [7, 11) is 1.57. The lowest BCUT2D eigenvalue weighted by Gasteiger charge is -2.06. The van der Waals surface area contributed by atoms with Crippen molar-refractivity contribution in [1.29, 1.82) is 0 Å². The van der Waals surface area contributed by atoms with Crippen molar-refractivity contribution < 1.29 is 13.6 Å². The number of H-pyrrole nitrogens is 1. The Hall–Kier alpha value is -3.68. The highest BCUT2D eigenvalue weighted by Gasteiger charge is 2.14. The van der Waals surface area contributed by atoms with Gasteiger partial charge in [0.25, 0.3) is 11.5 Å². The maximum Gasteiger partial charge on any atom is 0.419 e. The van der Waals surface area contributed by atoms with Gasteiger partial charge in [0, 0.05) is 18.8 Å². The van der Waals surface area contributed by atoms with Crippen molar-refractivity contribution in [2.75, 3.05) is 5.32 Å². The van der Waals surface area contributed by atoms with Crippen LogP contribution >= 0.6 is 0 Å². The van der Waals surface area contributed by atoms with E-state index in [2.05, 4.69) is 10.3 Å². The fraction of sp³-hybridized carbons (Fsp3) is 0.0556. The molecule has 4 rings (SSSR count). The van der Waals surface area contributed by atoms with Crippen LogP contribution in [0, 0.1) is 5.82 Å². The SMILES string of the molecule is Cn1c(=O)oc2cc(NC(=O)c3cc4ccc(F)cc4[nH]c3=O)ccc21. The van der Waals surface area contributed by atoms with E-state index in [9.17, 15) is 18.8 Å². The Morgan fingerprint density at radius 2 is 1.96 bits per heavy atom. The third-order valence-electron chi connectivity index (χ3n) is 4.10. The maximum atomic E-state index is 13.2. The number of aromatic nitrogens is 2. The summed E-state index contributed by atoms with van der Waals surface area (Å²) >= 11 is 0. The topological polar surface area (TPSA) is 97.1 Å². The Labute approximate surface area is 144 Å². The second kappa shape index (κ2) is 5.69. The number of amides is 1. The zero-order chi connectivity index (χ0) is 18.4. The van der Waals surface area contributed by atoms with Crippen molar-refractivity contribution >= 4 is 33.6 Å². The number of halogens is 1. The highest BCUT2D eigenvalue weighted by atomic mass is 19.1. The van der Waals surface area contributed by atoms with Gasteiger partial charge in [-0.3, -0.25) is 14.2 Å². The molecule has 0 unspecified atom stereocenters. The van der Waals surface area contributed by atoms with Gasteiger partial charge in [-0.25, -0.2) is 9.18 Å². The fourth-order valence-electron chi connectivity index (χ4n) is 2.75. The van der Waals surface area contributed by atoms with Crippen LogP contribution in [0.2, 0.25) is 0 Å². The van der Waals surface area contributed by atoms with E-state index < -0.39 is 23.0 Å². The molecule has 0 saturated heterocycles. The number of aryl methyl sites for hydroxylation is 1. The number of benzene rings is 2. The molecule has 4 aromatic rings. The molecule has 0 saturated carbocycles. The van der Waals surface area contributed by atoms with Gasteiger partial charge in [-0.2, -0.15) is 0 Å². The first-order chi connectivity index (χ1) is 12.4. The number of fused-ring (bicyclic) bond motifs is 2. The third kappa shape index (κ3) is 2.57. The van der Waals surface area contributed by atoms with Gasteiger partial charge in [0.1, 0.15) is 11.4 Å². The predicted molar refractivity (Wildman–Crippen MR) is 93.9 cm³/mol. The van der Waals surface area contributed by atoms with Gasteiger partial charge in [0.2, 0.25) is 0 Å². The summed E-state index contributed by atoms with van der Waals surface area (Å²) in [5.74, 6) is -1.63. The molecule has 0 bridgehead atoms. The number of aromatic amines is 1. The molecule has 0 fully saturated rings. The first kappa shape index (κ1) is 15.8. The average Bonchev–Trinajstić information content (AvgIpc) is 2.88. The molecule has 2 N–H and O–H groups in total. The number of carbonyl (C=O) groups is 1. The second-order valence-electron chi connectivity index (χ2n) is 5.81. The van der Waals surface area contributed by atoms with Gasteiger partial charge in [-0.15, -0.1) is 0 Å². The maximum absolute atomic E-state index is 13.2. The summed E-state index contributed by atoms with van der Waals surface area (Å²) in [6.07, 6.45) is 0. The summed E-state index contributed by atoms with van der Waals surface area (Å²) in [5.41, 5.74) is 0.831. The second-order valence-corrected chi connectivity index (χ2v) is 5.81. The molecule has 0 radical (unpaired) electrons. The molecule has 130 valence electrons. The molecule has 0 aliphatic rings. The number of oxazole rings is 1. The third-order valence-corrected chi connectivity index (χ3v) is 4.10. The Kier molecular flexibility index (Phi) is 3.47. The number of nitrogens with one attached hydrogen (secondary N) is 2. The Morgan fingerprint density at radius 3 is 2.77 bits per heavy atom. The summed E-state index contributed by atoms with van der Waals surface area (Å²) in [4.78, 5) is 38.6. The van der Waals surface area contributed by atoms with Crippen LogP contribution in [0.5, 0.6) is 0 Å². The molecule has 26 heavy (non-hydrogen) atoms. The number of hydrogen-bond acceptors (Lipinski definition) is 4. The number of rotatable bonds is 2. The minimum absolute atomic E-state index is 0.112. The number of hydrogen-bond donors (Lipinski definition) is 2. The van der Waals surface area contributed by atoms with Crippen molar-refractivity contribution in [1.82, 2.24) is 9.55 Å². The lowest BCUT2D eigenvalue weighted by molar-refractivity contribution is 0.102. The van der Waals surface area contributed by atoms with Gasteiger partial charge in [0.15, 0.2) is 5.58 Å². The average molecular weight is 353 g/mol. The smallest absolute Gasteiger partial charge is 0.408 e. The van der Waals surface area contributed by atoms with Crippen LogP contribution in [0.1, 0.15) is 10.4 Å². The Morgan fingerprint density at radius 1 is 1.15 bits per heavy atom. The molecule has 7 nitrogen and oxygen atoms in total. The van der Waals surface area contributed by atoms with E-state index in [1.807, 2.05) is 0 Å². The fourth-order valence-corrected chi connectivity index (χ4v) is 2.75. The molecule has 0 aliphatic carbocycles. The number of pyridine rings is 1. The summed E-state index contributed by atoms with van der Waals surface area (Å²) < 4.78 is 19.7. The van der Waals surface area contributed by atoms with Gasteiger partial charge in [-0.05, 0) is 41.8 Å². The van der Waals surface area contributed by atoms with Crippen molar-refractivity contribution in [3.8, 4) is 0 Å². The van der Waals surface area contributed by atoms with E-state index in [0.29, 0.717) is 27.7 Å².